The van der Waals surface area contributed by atoms with Crippen LogP contribution in [0.25, 0.3) is 0 Å². The van der Waals surface area contributed by atoms with Gasteiger partial charge in [0.25, 0.3) is 0 Å². The van der Waals surface area contributed by atoms with E-state index in [9.17, 15) is 5.21 Å². The van der Waals surface area contributed by atoms with Crippen LogP contribution in [0.3, 0.4) is 0 Å². The number of nitrogens with zero attached hydrogens (tertiary/aromatic N) is 2. The zero-order chi connectivity index (χ0) is 30.1. The number of hydroxylamine groups is 3. The largest absolute Gasteiger partial charge is 0.633 e. The molecule has 2 fully saturated rings. The highest BCUT2D eigenvalue weighted by molar-refractivity contribution is 5.28. The normalized spacial score (nSPS) is 19.6. The van der Waals surface area contributed by atoms with Gasteiger partial charge in [0.15, 0.2) is 0 Å². The number of morpholine rings is 2. The number of hydrogen-bond donors (Lipinski definition) is 0. The molecule has 41 heavy (non-hydrogen) atoms. The minimum Gasteiger partial charge on any atom is -0.633 e. The second-order valence-corrected chi connectivity index (χ2v) is 14.7. The van der Waals surface area contributed by atoms with Gasteiger partial charge in [0.1, 0.15) is 13.1 Å². The lowest BCUT2D eigenvalue weighted by molar-refractivity contribution is -0.891. The zero-order valence-electron chi connectivity index (χ0n) is 27.4. The fraction of sp³-hybridized carbons (Fsp3) is 0.667. The van der Waals surface area contributed by atoms with Gasteiger partial charge in [-0.3, -0.25) is 4.90 Å². The van der Waals surface area contributed by atoms with E-state index in [1.165, 1.54) is 35.2 Å². The predicted molar refractivity (Wildman–Crippen MR) is 172 cm³/mol. The Kier molecular flexibility index (Phi) is 12.4. The second-order valence-electron chi connectivity index (χ2n) is 14.7. The van der Waals surface area contributed by atoms with Gasteiger partial charge < -0.3 is 19.3 Å². The van der Waals surface area contributed by atoms with Crippen LogP contribution in [0, 0.1) is 17.0 Å². The molecular weight excluding hydrogens is 508 g/mol. The number of rotatable bonds is 8. The third kappa shape index (κ3) is 11.8. The van der Waals surface area contributed by atoms with Crippen molar-refractivity contribution in [1.82, 2.24) is 4.90 Å². The standard InChI is InChI=1S/C18H29NO2.C18H29NO/c1-15(14-19(20)9-11-21-12-10-19)13-16-5-7-17(8-6-16)18(2,3)4;1-15(14-19-9-11-20-12-10-19)13-16-5-7-17(8-6-16)18(2,3)4/h5-8,15H,9-14H2,1-4H3;5-8,15H,9-14H2,1-4H3. The van der Waals surface area contributed by atoms with Crippen molar-refractivity contribution < 1.29 is 14.1 Å². The molecule has 2 aromatic rings. The molecule has 0 saturated carbocycles. The van der Waals surface area contributed by atoms with Gasteiger partial charge in [-0.05, 0) is 51.8 Å². The molecule has 0 aromatic heterocycles. The molecule has 2 saturated heterocycles. The van der Waals surface area contributed by atoms with Gasteiger partial charge >= 0.3 is 0 Å². The third-order valence-electron chi connectivity index (χ3n) is 8.41. The SMILES string of the molecule is CC(Cc1ccc(C(C)(C)C)cc1)CN1CCOCC1.CC(Cc1ccc(C(C)(C)C)cc1)C[N+]1([O-])CCOCC1. The molecule has 0 bridgehead atoms. The molecular formula is C36H58N2O3. The summed E-state index contributed by atoms with van der Waals surface area (Å²) in [5.74, 6) is 1.11. The summed E-state index contributed by atoms with van der Waals surface area (Å²) in [4.78, 5) is 2.53. The highest BCUT2D eigenvalue weighted by Gasteiger charge is 2.24. The van der Waals surface area contributed by atoms with E-state index >= 15 is 0 Å². The summed E-state index contributed by atoms with van der Waals surface area (Å²) in [5, 5.41) is 12.6. The first-order valence-corrected chi connectivity index (χ1v) is 15.9. The highest BCUT2D eigenvalue weighted by Crippen LogP contribution is 2.24. The minimum absolute atomic E-state index is 0.0821. The average molecular weight is 567 g/mol. The highest BCUT2D eigenvalue weighted by atomic mass is 16.6. The van der Waals surface area contributed by atoms with Crippen molar-refractivity contribution >= 4 is 0 Å². The van der Waals surface area contributed by atoms with E-state index in [4.69, 9.17) is 9.47 Å². The van der Waals surface area contributed by atoms with Crippen molar-refractivity contribution in [3.05, 3.63) is 76.0 Å². The molecule has 2 unspecified atom stereocenters. The summed E-state index contributed by atoms with van der Waals surface area (Å²) in [5.41, 5.74) is 6.01. The maximum Gasteiger partial charge on any atom is 0.102 e. The first-order chi connectivity index (χ1) is 19.2. The summed E-state index contributed by atoms with van der Waals surface area (Å²) in [6.07, 6.45) is 2.15. The van der Waals surface area contributed by atoms with E-state index in [1.54, 1.807) is 0 Å². The molecule has 2 atom stereocenters. The fourth-order valence-corrected chi connectivity index (χ4v) is 5.87. The van der Waals surface area contributed by atoms with E-state index in [1.807, 2.05) is 0 Å². The third-order valence-corrected chi connectivity index (χ3v) is 8.41. The lowest BCUT2D eigenvalue weighted by Crippen LogP contribution is -2.52. The van der Waals surface area contributed by atoms with E-state index in [0.29, 0.717) is 44.7 Å². The van der Waals surface area contributed by atoms with Crippen LogP contribution in [0.15, 0.2) is 48.5 Å². The minimum atomic E-state index is -0.0821. The van der Waals surface area contributed by atoms with Gasteiger partial charge in [-0.15, -0.1) is 0 Å². The molecule has 0 N–H and O–H groups in total. The van der Waals surface area contributed by atoms with Crippen LogP contribution in [-0.2, 0) is 33.1 Å². The Bertz CT molecular complexity index is 1010. The van der Waals surface area contributed by atoms with Crippen LogP contribution >= 0.6 is 0 Å². The molecule has 5 heteroatoms. The lowest BCUT2D eigenvalue weighted by Gasteiger charge is -2.46. The van der Waals surface area contributed by atoms with Gasteiger partial charge in [-0.1, -0.05) is 104 Å². The summed E-state index contributed by atoms with van der Waals surface area (Å²) in [6, 6.07) is 18.0. The Hall–Kier alpha value is -1.76. The van der Waals surface area contributed by atoms with Crippen molar-refractivity contribution in [2.45, 2.75) is 79.1 Å². The molecule has 0 aliphatic carbocycles. The first kappa shape index (κ1) is 33.7. The van der Waals surface area contributed by atoms with Crippen LogP contribution in [0.4, 0.5) is 0 Å². The molecule has 4 rings (SSSR count). The molecule has 2 heterocycles. The molecule has 0 radical (unpaired) electrons. The predicted octanol–water partition coefficient (Wildman–Crippen LogP) is 7.00. The monoisotopic (exact) mass is 566 g/mol. The molecule has 2 aromatic carbocycles. The molecule has 0 amide bonds. The van der Waals surface area contributed by atoms with Crippen LogP contribution in [-0.4, -0.2) is 75.2 Å². The Labute approximate surface area is 251 Å². The topological polar surface area (TPSA) is 44.8 Å². The van der Waals surface area contributed by atoms with Gasteiger partial charge in [-0.25, -0.2) is 0 Å². The van der Waals surface area contributed by atoms with Crippen molar-refractivity contribution in [2.75, 3.05) is 65.7 Å². The van der Waals surface area contributed by atoms with E-state index in [-0.39, 0.29) is 15.5 Å². The Morgan fingerprint density at radius 2 is 1.10 bits per heavy atom. The van der Waals surface area contributed by atoms with Crippen LogP contribution in [0.5, 0.6) is 0 Å². The summed E-state index contributed by atoms with van der Waals surface area (Å²) in [6.45, 7) is 26.3. The summed E-state index contributed by atoms with van der Waals surface area (Å²) >= 11 is 0. The molecule has 2 aliphatic rings. The first-order valence-electron chi connectivity index (χ1n) is 15.9. The lowest BCUT2D eigenvalue weighted by atomic mass is 9.86. The maximum atomic E-state index is 12.6. The number of ether oxygens (including phenoxy) is 2. The van der Waals surface area contributed by atoms with Crippen molar-refractivity contribution in [3.8, 4) is 0 Å². The van der Waals surface area contributed by atoms with Crippen molar-refractivity contribution in [1.29, 1.82) is 0 Å². The van der Waals surface area contributed by atoms with Crippen LogP contribution in [0.2, 0.25) is 0 Å². The van der Waals surface area contributed by atoms with Gasteiger partial charge in [0.05, 0.1) is 33.0 Å². The van der Waals surface area contributed by atoms with Gasteiger partial charge in [0, 0.05) is 25.6 Å². The number of hydrogen-bond acceptors (Lipinski definition) is 4. The fourth-order valence-electron chi connectivity index (χ4n) is 5.87. The van der Waals surface area contributed by atoms with E-state index in [0.717, 1.165) is 32.7 Å². The molecule has 5 nitrogen and oxygen atoms in total. The zero-order valence-corrected chi connectivity index (χ0v) is 27.4. The molecule has 0 spiro atoms. The Balaban J connectivity index is 0.000000226. The van der Waals surface area contributed by atoms with Crippen LogP contribution < -0.4 is 0 Å². The van der Waals surface area contributed by atoms with E-state index < -0.39 is 0 Å². The number of benzene rings is 2. The van der Waals surface area contributed by atoms with Crippen molar-refractivity contribution in [3.63, 3.8) is 0 Å². The van der Waals surface area contributed by atoms with E-state index in [2.05, 4.69) is 109 Å². The van der Waals surface area contributed by atoms with Crippen LogP contribution in [0.1, 0.15) is 77.6 Å². The smallest absolute Gasteiger partial charge is 0.102 e. The summed E-state index contributed by atoms with van der Waals surface area (Å²) in [7, 11) is 0. The average Bonchev–Trinajstić information content (AvgIpc) is 2.89. The quantitative estimate of drug-likeness (QED) is 0.255. The van der Waals surface area contributed by atoms with Gasteiger partial charge in [-0.2, -0.15) is 0 Å². The maximum absolute atomic E-state index is 12.6. The summed E-state index contributed by atoms with van der Waals surface area (Å²) < 4.78 is 10.6. The second kappa shape index (κ2) is 15.1. The Morgan fingerprint density at radius 1 is 0.683 bits per heavy atom. The van der Waals surface area contributed by atoms with Gasteiger partial charge in [0.2, 0.25) is 0 Å². The van der Waals surface area contributed by atoms with Crippen molar-refractivity contribution in [2.24, 2.45) is 11.8 Å². The molecule has 2 aliphatic heterocycles. The molecule has 230 valence electrons. The number of quaternary nitrogens is 1. The Morgan fingerprint density at radius 3 is 1.54 bits per heavy atom.